The molecule has 1 atom stereocenters. The van der Waals surface area contributed by atoms with E-state index < -0.39 is 6.04 Å². The highest BCUT2D eigenvalue weighted by Crippen LogP contribution is 2.39. The molecule has 3 N–H and O–H groups in total. The molecule has 0 saturated heterocycles. The maximum Gasteiger partial charge on any atom is 0.255 e. The SMILES string of the molecule is COc1ccc([C@H]2N=C(SCC(=O)Nc3ccccc3)NC(C)=C2C(=O)Nc2ccccc2)c(OC)c1. The zero-order chi connectivity index (χ0) is 26.2. The van der Waals surface area contributed by atoms with Crippen molar-refractivity contribution in [1.29, 1.82) is 0 Å². The molecule has 0 aliphatic carbocycles. The largest absolute Gasteiger partial charge is 0.497 e. The number of amides is 2. The van der Waals surface area contributed by atoms with Gasteiger partial charge in [-0.3, -0.25) is 9.59 Å². The predicted octanol–water partition coefficient (Wildman–Crippen LogP) is 4.99. The highest BCUT2D eigenvalue weighted by Gasteiger charge is 2.32. The van der Waals surface area contributed by atoms with E-state index in [1.54, 1.807) is 26.4 Å². The van der Waals surface area contributed by atoms with Crippen LogP contribution in [0.3, 0.4) is 0 Å². The Kier molecular flexibility index (Phi) is 8.48. The predicted molar refractivity (Wildman–Crippen MR) is 148 cm³/mol. The van der Waals surface area contributed by atoms with Crippen molar-refractivity contribution in [3.05, 3.63) is 95.7 Å². The van der Waals surface area contributed by atoms with E-state index in [9.17, 15) is 9.59 Å². The molecule has 190 valence electrons. The summed E-state index contributed by atoms with van der Waals surface area (Å²) in [5, 5.41) is 9.55. The summed E-state index contributed by atoms with van der Waals surface area (Å²) in [6.45, 7) is 1.82. The van der Waals surface area contributed by atoms with Crippen molar-refractivity contribution in [2.75, 3.05) is 30.6 Å². The topological polar surface area (TPSA) is 101 Å². The first-order valence-electron chi connectivity index (χ1n) is 11.6. The number of para-hydroxylation sites is 2. The van der Waals surface area contributed by atoms with Crippen LogP contribution in [0.25, 0.3) is 0 Å². The van der Waals surface area contributed by atoms with Gasteiger partial charge in [0.15, 0.2) is 5.17 Å². The second kappa shape index (κ2) is 12.1. The number of allylic oxidation sites excluding steroid dienone is 1. The van der Waals surface area contributed by atoms with Crippen LogP contribution < -0.4 is 25.4 Å². The fraction of sp³-hybridized carbons (Fsp3) is 0.179. The number of hydrogen-bond donors (Lipinski definition) is 3. The smallest absolute Gasteiger partial charge is 0.255 e. The molecule has 0 radical (unpaired) electrons. The van der Waals surface area contributed by atoms with Crippen molar-refractivity contribution in [1.82, 2.24) is 5.32 Å². The lowest BCUT2D eigenvalue weighted by atomic mass is 9.95. The highest BCUT2D eigenvalue weighted by atomic mass is 32.2. The van der Waals surface area contributed by atoms with Crippen LogP contribution >= 0.6 is 11.8 Å². The van der Waals surface area contributed by atoms with E-state index in [0.29, 0.717) is 39.2 Å². The van der Waals surface area contributed by atoms with Gasteiger partial charge in [-0.05, 0) is 43.3 Å². The summed E-state index contributed by atoms with van der Waals surface area (Å²) in [5.74, 6) is 0.870. The molecule has 2 amide bonds. The molecule has 1 aliphatic heterocycles. The molecular weight excluding hydrogens is 488 g/mol. The lowest BCUT2D eigenvalue weighted by molar-refractivity contribution is -0.114. The normalized spacial score (nSPS) is 14.8. The summed E-state index contributed by atoms with van der Waals surface area (Å²) in [5.41, 5.74) is 3.19. The third-order valence-corrected chi connectivity index (χ3v) is 6.51. The summed E-state index contributed by atoms with van der Waals surface area (Å²) in [6.07, 6.45) is 0. The minimum absolute atomic E-state index is 0.145. The maximum atomic E-state index is 13.4. The number of rotatable bonds is 8. The Bertz CT molecular complexity index is 1330. The van der Waals surface area contributed by atoms with Crippen molar-refractivity contribution in [3.8, 4) is 11.5 Å². The minimum atomic E-state index is -0.662. The van der Waals surface area contributed by atoms with Gasteiger partial charge < -0.3 is 25.4 Å². The lowest BCUT2D eigenvalue weighted by Crippen LogP contribution is -2.33. The average Bonchev–Trinajstić information content (AvgIpc) is 2.92. The Morgan fingerprint density at radius 1 is 0.919 bits per heavy atom. The Labute approximate surface area is 220 Å². The molecule has 0 saturated carbocycles. The van der Waals surface area contributed by atoms with Crippen LogP contribution in [0.2, 0.25) is 0 Å². The summed E-state index contributed by atoms with van der Waals surface area (Å²) < 4.78 is 11.0. The Morgan fingerprint density at radius 2 is 1.57 bits per heavy atom. The maximum absolute atomic E-state index is 13.4. The third kappa shape index (κ3) is 6.50. The summed E-state index contributed by atoms with van der Waals surface area (Å²) in [6, 6.07) is 23.2. The first-order chi connectivity index (χ1) is 18.0. The number of aliphatic imine (C=N–C) groups is 1. The van der Waals surface area contributed by atoms with Crippen molar-refractivity contribution in [3.63, 3.8) is 0 Å². The summed E-state index contributed by atoms with van der Waals surface area (Å²) >= 11 is 1.26. The van der Waals surface area contributed by atoms with Crippen LogP contribution in [-0.4, -0.2) is 37.0 Å². The van der Waals surface area contributed by atoms with Crippen molar-refractivity contribution < 1.29 is 19.1 Å². The van der Waals surface area contributed by atoms with E-state index >= 15 is 0 Å². The van der Waals surface area contributed by atoms with Gasteiger partial charge in [-0.2, -0.15) is 0 Å². The molecule has 3 aromatic rings. The monoisotopic (exact) mass is 516 g/mol. The van der Waals surface area contributed by atoms with Crippen LogP contribution in [0.4, 0.5) is 11.4 Å². The van der Waals surface area contributed by atoms with E-state index in [2.05, 4.69) is 16.0 Å². The standard InChI is InChI=1S/C28H28N4O4S/c1-18-25(27(34)31-20-12-8-5-9-13-20)26(22-15-14-21(35-2)16-23(22)36-3)32-28(29-18)37-17-24(33)30-19-10-6-4-7-11-19/h4-16,26H,17H2,1-3H3,(H,29,32)(H,30,33)(H,31,34)/t26-/m1/s1. The zero-order valence-electron chi connectivity index (χ0n) is 20.8. The number of methoxy groups -OCH3 is 2. The molecule has 8 nitrogen and oxygen atoms in total. The van der Waals surface area contributed by atoms with E-state index in [1.165, 1.54) is 11.8 Å². The molecular formula is C28H28N4O4S. The van der Waals surface area contributed by atoms with Crippen molar-refractivity contribution >= 4 is 40.1 Å². The molecule has 4 rings (SSSR count). The first kappa shape index (κ1) is 25.8. The van der Waals surface area contributed by atoms with Gasteiger partial charge in [0.25, 0.3) is 5.91 Å². The number of anilines is 2. The number of carbonyl (C=O) groups is 2. The Balaban J connectivity index is 1.61. The van der Waals surface area contributed by atoms with Gasteiger partial charge in [-0.15, -0.1) is 0 Å². The average molecular weight is 517 g/mol. The third-order valence-electron chi connectivity index (χ3n) is 5.63. The molecule has 37 heavy (non-hydrogen) atoms. The second-order valence-corrected chi connectivity index (χ2v) is 9.10. The molecule has 0 unspecified atom stereocenters. The molecule has 0 fully saturated rings. The van der Waals surface area contributed by atoms with Crippen LogP contribution in [0.15, 0.2) is 95.1 Å². The van der Waals surface area contributed by atoms with Gasteiger partial charge in [0.05, 0.1) is 25.5 Å². The fourth-order valence-electron chi connectivity index (χ4n) is 3.86. The van der Waals surface area contributed by atoms with Crippen molar-refractivity contribution in [2.45, 2.75) is 13.0 Å². The lowest BCUT2D eigenvalue weighted by Gasteiger charge is -2.27. The van der Waals surface area contributed by atoms with Gasteiger partial charge >= 0.3 is 0 Å². The molecule has 9 heteroatoms. The number of amidine groups is 1. The second-order valence-electron chi connectivity index (χ2n) is 8.13. The fourth-order valence-corrected chi connectivity index (χ4v) is 4.60. The van der Waals surface area contributed by atoms with Gasteiger partial charge in [0, 0.05) is 28.7 Å². The number of benzene rings is 3. The van der Waals surface area contributed by atoms with E-state index in [0.717, 1.165) is 5.69 Å². The molecule has 0 spiro atoms. The van der Waals surface area contributed by atoms with Crippen LogP contribution in [0.5, 0.6) is 11.5 Å². The summed E-state index contributed by atoms with van der Waals surface area (Å²) in [7, 11) is 3.14. The van der Waals surface area contributed by atoms with Crippen LogP contribution in [0, 0.1) is 0 Å². The van der Waals surface area contributed by atoms with E-state index in [1.807, 2.05) is 73.7 Å². The Hall–Kier alpha value is -4.24. The Morgan fingerprint density at radius 3 is 2.19 bits per heavy atom. The highest BCUT2D eigenvalue weighted by molar-refractivity contribution is 8.14. The van der Waals surface area contributed by atoms with Gasteiger partial charge in [-0.25, -0.2) is 4.99 Å². The first-order valence-corrected chi connectivity index (χ1v) is 12.6. The molecule has 1 heterocycles. The van der Waals surface area contributed by atoms with E-state index in [4.69, 9.17) is 14.5 Å². The number of ether oxygens (including phenoxy) is 2. The van der Waals surface area contributed by atoms with Crippen molar-refractivity contribution in [2.24, 2.45) is 4.99 Å². The van der Waals surface area contributed by atoms with Gasteiger partial charge in [-0.1, -0.05) is 48.2 Å². The van der Waals surface area contributed by atoms with Gasteiger partial charge in [0.2, 0.25) is 5.91 Å². The molecule has 0 aromatic heterocycles. The number of thioether (sulfide) groups is 1. The quantitative estimate of drug-likeness (QED) is 0.390. The summed E-state index contributed by atoms with van der Waals surface area (Å²) in [4.78, 5) is 30.8. The van der Waals surface area contributed by atoms with E-state index in [-0.39, 0.29) is 17.6 Å². The zero-order valence-corrected chi connectivity index (χ0v) is 21.6. The molecule has 1 aliphatic rings. The number of nitrogens with zero attached hydrogens (tertiary/aromatic N) is 1. The van der Waals surface area contributed by atoms with Gasteiger partial charge in [0.1, 0.15) is 17.5 Å². The minimum Gasteiger partial charge on any atom is -0.497 e. The van der Waals surface area contributed by atoms with Crippen LogP contribution in [-0.2, 0) is 9.59 Å². The molecule has 0 bridgehead atoms. The van der Waals surface area contributed by atoms with Crippen LogP contribution in [0.1, 0.15) is 18.5 Å². The number of nitrogens with one attached hydrogen (secondary N) is 3. The molecule has 3 aromatic carbocycles. The number of hydrogen-bond acceptors (Lipinski definition) is 7. The number of carbonyl (C=O) groups excluding carboxylic acids is 2.